The van der Waals surface area contributed by atoms with E-state index in [-0.39, 0.29) is 17.3 Å². The van der Waals surface area contributed by atoms with Crippen molar-refractivity contribution in [2.24, 2.45) is 0 Å². The van der Waals surface area contributed by atoms with E-state index in [9.17, 15) is 13.2 Å². The van der Waals surface area contributed by atoms with Gasteiger partial charge in [0.25, 0.3) is 0 Å². The average molecular weight is 546 g/mol. The first-order chi connectivity index (χ1) is 18.3. The molecule has 0 radical (unpaired) electrons. The van der Waals surface area contributed by atoms with Gasteiger partial charge in [0, 0.05) is 22.9 Å². The third kappa shape index (κ3) is 5.36. The van der Waals surface area contributed by atoms with E-state index in [1.54, 1.807) is 30.5 Å². The van der Waals surface area contributed by atoms with Gasteiger partial charge in [-0.25, -0.2) is 8.42 Å². The summed E-state index contributed by atoms with van der Waals surface area (Å²) in [5.74, 6) is -0.0217. The lowest BCUT2D eigenvalue weighted by Gasteiger charge is -2.29. The Bertz CT molecular complexity index is 1510. The lowest BCUT2D eigenvalue weighted by Crippen LogP contribution is -2.33. The van der Waals surface area contributed by atoms with E-state index in [1.807, 2.05) is 67.6 Å². The van der Waals surface area contributed by atoms with Crippen molar-refractivity contribution in [1.29, 1.82) is 0 Å². The van der Waals surface area contributed by atoms with Gasteiger partial charge in [0.2, 0.25) is 15.9 Å². The third-order valence-corrected chi connectivity index (χ3v) is 9.24. The Labute approximate surface area is 228 Å². The van der Waals surface area contributed by atoms with E-state index in [0.717, 1.165) is 24.0 Å². The van der Waals surface area contributed by atoms with Crippen LogP contribution in [0.5, 0.6) is 0 Å². The molecule has 0 aliphatic heterocycles. The van der Waals surface area contributed by atoms with Crippen molar-refractivity contribution in [3.8, 4) is 0 Å². The number of carbonyl (C=O) groups excluding carboxylic acids is 1. The number of hydrogen-bond donors (Lipinski definition) is 1. The van der Waals surface area contributed by atoms with Crippen LogP contribution in [-0.2, 0) is 26.8 Å². The lowest BCUT2D eigenvalue weighted by molar-refractivity contribution is -0.118. The Kier molecular flexibility index (Phi) is 7.34. The molecular formula is C30H28ClN3O3S. The van der Waals surface area contributed by atoms with Gasteiger partial charge < -0.3 is 5.32 Å². The highest BCUT2D eigenvalue weighted by molar-refractivity contribution is 7.89. The molecule has 3 aromatic carbocycles. The predicted octanol–water partition coefficient (Wildman–Crippen LogP) is 6.36. The van der Waals surface area contributed by atoms with E-state index < -0.39 is 21.5 Å². The fourth-order valence-electron chi connectivity index (χ4n) is 4.61. The standard InChI is InChI=1S/C30H28ClN3O3S/c1-22(34(21-27-9-5-6-20-32-27)38(36,37)28-16-12-25(31)13-17-28)23-10-14-26(15-11-23)33-29(35)30(18-19-30)24-7-3-2-4-8-24/h2-17,20,22H,18-19,21H2,1H3,(H,33,35)/t22-/m0/s1. The number of benzene rings is 3. The Morgan fingerprint density at radius 1 is 0.947 bits per heavy atom. The summed E-state index contributed by atoms with van der Waals surface area (Å²) in [5.41, 5.74) is 2.65. The number of pyridine rings is 1. The average Bonchev–Trinajstić information content (AvgIpc) is 3.75. The van der Waals surface area contributed by atoms with Crippen LogP contribution in [-0.4, -0.2) is 23.6 Å². The molecule has 1 aliphatic carbocycles. The second-order valence-corrected chi connectivity index (χ2v) is 11.9. The molecule has 1 atom stereocenters. The van der Waals surface area contributed by atoms with Gasteiger partial charge in [-0.05, 0) is 79.4 Å². The minimum Gasteiger partial charge on any atom is -0.325 e. The molecule has 194 valence electrons. The first kappa shape index (κ1) is 26.1. The van der Waals surface area contributed by atoms with E-state index >= 15 is 0 Å². The summed E-state index contributed by atoms with van der Waals surface area (Å²) in [6, 6.07) is 28.3. The molecule has 1 N–H and O–H groups in total. The fourth-order valence-corrected chi connectivity index (χ4v) is 6.33. The van der Waals surface area contributed by atoms with Crippen LogP contribution in [0.3, 0.4) is 0 Å². The second-order valence-electron chi connectivity index (χ2n) is 9.53. The first-order valence-corrected chi connectivity index (χ1v) is 14.3. The zero-order chi connectivity index (χ0) is 26.8. The fraction of sp³-hybridized carbons (Fsp3) is 0.200. The van der Waals surface area contributed by atoms with Gasteiger partial charge in [-0.3, -0.25) is 9.78 Å². The summed E-state index contributed by atoms with van der Waals surface area (Å²) in [5, 5.41) is 3.51. The summed E-state index contributed by atoms with van der Waals surface area (Å²) in [6.45, 7) is 1.95. The molecule has 0 spiro atoms. The Hall–Kier alpha value is -3.52. The van der Waals surface area contributed by atoms with Crippen LogP contribution in [0.4, 0.5) is 5.69 Å². The summed E-state index contributed by atoms with van der Waals surface area (Å²) >= 11 is 6.00. The second kappa shape index (κ2) is 10.7. The topological polar surface area (TPSA) is 79.4 Å². The molecular weight excluding hydrogens is 518 g/mol. The maximum Gasteiger partial charge on any atom is 0.243 e. The number of rotatable bonds is 9. The van der Waals surface area contributed by atoms with Crippen molar-refractivity contribution in [2.45, 2.75) is 42.7 Å². The number of nitrogens with zero attached hydrogens (tertiary/aromatic N) is 2. The van der Waals surface area contributed by atoms with Crippen LogP contribution in [0.1, 0.15) is 42.6 Å². The number of hydrogen-bond acceptors (Lipinski definition) is 4. The van der Waals surface area contributed by atoms with Gasteiger partial charge in [0.15, 0.2) is 0 Å². The normalized spacial score (nSPS) is 15.1. The molecule has 0 unspecified atom stereocenters. The molecule has 0 saturated heterocycles. The molecule has 5 rings (SSSR count). The van der Waals surface area contributed by atoms with Crippen LogP contribution >= 0.6 is 11.6 Å². The Morgan fingerprint density at radius 3 is 2.21 bits per heavy atom. The molecule has 4 aromatic rings. The van der Waals surface area contributed by atoms with Crippen molar-refractivity contribution >= 4 is 33.2 Å². The van der Waals surface area contributed by atoms with Gasteiger partial charge in [-0.15, -0.1) is 0 Å². The number of aromatic nitrogens is 1. The zero-order valence-electron chi connectivity index (χ0n) is 20.9. The van der Waals surface area contributed by atoms with Gasteiger partial charge in [0.05, 0.1) is 22.5 Å². The van der Waals surface area contributed by atoms with Crippen molar-refractivity contribution in [2.75, 3.05) is 5.32 Å². The van der Waals surface area contributed by atoms with Gasteiger partial charge in [-0.2, -0.15) is 4.31 Å². The number of carbonyl (C=O) groups is 1. The summed E-state index contributed by atoms with van der Waals surface area (Å²) in [4.78, 5) is 17.6. The molecule has 38 heavy (non-hydrogen) atoms. The molecule has 1 amide bonds. The highest BCUT2D eigenvalue weighted by Crippen LogP contribution is 2.49. The summed E-state index contributed by atoms with van der Waals surface area (Å²) in [6.07, 6.45) is 3.29. The van der Waals surface area contributed by atoms with Crippen LogP contribution in [0.15, 0.2) is 108 Å². The van der Waals surface area contributed by atoms with Crippen LogP contribution in [0.25, 0.3) is 0 Å². The highest BCUT2D eigenvalue weighted by Gasteiger charge is 2.51. The lowest BCUT2D eigenvalue weighted by atomic mass is 9.95. The predicted molar refractivity (Wildman–Crippen MR) is 149 cm³/mol. The van der Waals surface area contributed by atoms with Crippen molar-refractivity contribution in [3.05, 3.63) is 125 Å². The van der Waals surface area contributed by atoms with E-state index in [0.29, 0.717) is 16.4 Å². The minimum absolute atomic E-state index is 0.0217. The molecule has 0 bridgehead atoms. The van der Waals surface area contributed by atoms with Gasteiger partial charge >= 0.3 is 0 Å². The van der Waals surface area contributed by atoms with E-state index in [4.69, 9.17) is 11.6 Å². The molecule has 1 fully saturated rings. The van der Waals surface area contributed by atoms with Crippen LogP contribution in [0, 0.1) is 0 Å². The molecule has 1 aromatic heterocycles. The van der Waals surface area contributed by atoms with Crippen LogP contribution in [0.2, 0.25) is 5.02 Å². The maximum atomic E-state index is 13.7. The Morgan fingerprint density at radius 2 is 1.61 bits per heavy atom. The number of nitrogens with one attached hydrogen (secondary N) is 1. The number of anilines is 1. The summed E-state index contributed by atoms with van der Waals surface area (Å²) in [7, 11) is -3.87. The monoisotopic (exact) mass is 545 g/mol. The molecule has 1 heterocycles. The largest absolute Gasteiger partial charge is 0.325 e. The molecule has 6 nitrogen and oxygen atoms in total. The molecule has 8 heteroatoms. The highest BCUT2D eigenvalue weighted by atomic mass is 35.5. The van der Waals surface area contributed by atoms with Crippen LogP contribution < -0.4 is 5.32 Å². The maximum absolute atomic E-state index is 13.7. The Balaban J connectivity index is 1.38. The van der Waals surface area contributed by atoms with Crippen molar-refractivity contribution < 1.29 is 13.2 Å². The van der Waals surface area contributed by atoms with Gasteiger partial charge in [-0.1, -0.05) is 60.1 Å². The smallest absolute Gasteiger partial charge is 0.243 e. The minimum atomic E-state index is -3.87. The first-order valence-electron chi connectivity index (χ1n) is 12.4. The van der Waals surface area contributed by atoms with Gasteiger partial charge in [0.1, 0.15) is 0 Å². The number of halogens is 1. The SMILES string of the molecule is C[C@@H](c1ccc(NC(=O)C2(c3ccccc3)CC2)cc1)N(Cc1ccccn1)S(=O)(=O)c1ccc(Cl)cc1. The summed E-state index contributed by atoms with van der Waals surface area (Å²) < 4.78 is 28.9. The molecule has 1 aliphatic rings. The zero-order valence-corrected chi connectivity index (χ0v) is 22.5. The van der Waals surface area contributed by atoms with Crippen molar-refractivity contribution in [3.63, 3.8) is 0 Å². The molecule has 1 saturated carbocycles. The van der Waals surface area contributed by atoms with E-state index in [1.165, 1.54) is 16.4 Å². The quantitative estimate of drug-likeness (QED) is 0.265. The van der Waals surface area contributed by atoms with E-state index in [2.05, 4.69) is 10.3 Å². The number of amides is 1. The third-order valence-electron chi connectivity index (χ3n) is 7.06. The van der Waals surface area contributed by atoms with Crippen molar-refractivity contribution in [1.82, 2.24) is 9.29 Å². The number of sulfonamides is 1.